The molecule has 2 aromatic rings. The highest BCUT2D eigenvalue weighted by atomic mass is 35.5. The van der Waals surface area contributed by atoms with Crippen molar-refractivity contribution in [2.75, 3.05) is 13.7 Å². The molecule has 11 nitrogen and oxygen atoms in total. The number of phenols is 1. The van der Waals surface area contributed by atoms with Crippen LogP contribution < -0.4 is 10.2 Å². The SMILES string of the molecule is COc1cc(/C=N\NC(=O)[C@H]2CCCN2S(=O)(=O)c2ccc(Cl)cc2)cc([N+](=O)[O-])c1O. The molecule has 170 valence electrons. The highest BCUT2D eigenvalue weighted by molar-refractivity contribution is 7.89. The summed E-state index contributed by atoms with van der Waals surface area (Å²) in [6, 6.07) is 7.04. The van der Waals surface area contributed by atoms with Gasteiger partial charge in [0.25, 0.3) is 5.91 Å². The number of sulfonamides is 1. The number of carbonyl (C=O) groups excluding carboxylic acids is 1. The molecule has 1 atom stereocenters. The van der Waals surface area contributed by atoms with Gasteiger partial charge in [0.2, 0.25) is 15.8 Å². The maximum Gasteiger partial charge on any atom is 0.315 e. The molecule has 0 radical (unpaired) electrons. The molecule has 13 heteroatoms. The van der Waals surface area contributed by atoms with E-state index in [2.05, 4.69) is 10.5 Å². The third kappa shape index (κ3) is 4.82. The Bertz CT molecular complexity index is 1170. The van der Waals surface area contributed by atoms with Crippen LogP contribution in [0.3, 0.4) is 0 Å². The molecule has 3 rings (SSSR count). The lowest BCUT2D eigenvalue weighted by atomic mass is 10.2. The zero-order valence-electron chi connectivity index (χ0n) is 16.8. The van der Waals surface area contributed by atoms with E-state index in [1.165, 1.54) is 37.4 Å². The number of hydrazone groups is 1. The Labute approximate surface area is 188 Å². The molecule has 32 heavy (non-hydrogen) atoms. The summed E-state index contributed by atoms with van der Waals surface area (Å²) in [6.07, 6.45) is 1.93. The molecule has 0 bridgehead atoms. The number of phenolic OH excluding ortho intramolecular Hbond substituents is 1. The Balaban J connectivity index is 1.76. The van der Waals surface area contributed by atoms with Crippen molar-refractivity contribution in [2.24, 2.45) is 5.10 Å². The zero-order chi connectivity index (χ0) is 23.5. The summed E-state index contributed by atoms with van der Waals surface area (Å²) in [5.41, 5.74) is 1.86. The number of benzene rings is 2. The summed E-state index contributed by atoms with van der Waals surface area (Å²) in [4.78, 5) is 22.9. The topological polar surface area (TPSA) is 151 Å². The first-order valence-corrected chi connectivity index (χ1v) is 11.1. The number of nitrogens with zero attached hydrogens (tertiary/aromatic N) is 3. The van der Waals surface area contributed by atoms with E-state index in [4.69, 9.17) is 16.3 Å². The summed E-state index contributed by atoms with van der Waals surface area (Å²) in [5, 5.41) is 25.0. The summed E-state index contributed by atoms with van der Waals surface area (Å²) in [7, 11) is -2.68. The van der Waals surface area contributed by atoms with Crippen LogP contribution in [-0.4, -0.2) is 54.6 Å². The average Bonchev–Trinajstić information content (AvgIpc) is 3.25. The molecule has 1 fully saturated rings. The second kappa shape index (κ2) is 9.51. The standard InChI is InChI=1S/C19H19ClN4O7S/c1-31-17-10-12(9-16(18(17)25)24(27)28)11-21-22-19(26)15-3-2-8-23(15)32(29,30)14-6-4-13(20)5-7-14/h4-7,9-11,15,25H,2-3,8H2,1H3,(H,22,26)/b21-11-/t15-/m1/s1. The molecule has 1 aliphatic rings. The first-order chi connectivity index (χ1) is 15.1. The van der Waals surface area contributed by atoms with Crippen LogP contribution in [0.15, 0.2) is 46.4 Å². The molecule has 0 unspecified atom stereocenters. The molecule has 0 aromatic heterocycles. The van der Waals surface area contributed by atoms with Crippen molar-refractivity contribution in [3.05, 3.63) is 57.1 Å². The van der Waals surface area contributed by atoms with Crippen molar-refractivity contribution >= 4 is 39.4 Å². The highest BCUT2D eigenvalue weighted by Gasteiger charge is 2.39. The predicted molar refractivity (Wildman–Crippen MR) is 115 cm³/mol. The predicted octanol–water partition coefficient (Wildman–Crippen LogP) is 2.27. The molecule has 2 aromatic carbocycles. The Morgan fingerprint density at radius 3 is 2.69 bits per heavy atom. The second-order valence-corrected chi connectivity index (χ2v) is 9.14. The molecule has 1 saturated heterocycles. The second-order valence-electron chi connectivity index (χ2n) is 6.81. The first kappa shape index (κ1) is 23.4. The lowest BCUT2D eigenvalue weighted by Crippen LogP contribution is -2.44. The largest absolute Gasteiger partial charge is 0.500 e. The Morgan fingerprint density at radius 1 is 1.38 bits per heavy atom. The minimum Gasteiger partial charge on any atom is -0.500 e. The summed E-state index contributed by atoms with van der Waals surface area (Å²) in [6.45, 7) is 0.175. The molecule has 2 N–H and O–H groups in total. The number of nitro groups is 1. The van der Waals surface area contributed by atoms with E-state index >= 15 is 0 Å². The van der Waals surface area contributed by atoms with Gasteiger partial charge in [-0.2, -0.15) is 9.41 Å². The summed E-state index contributed by atoms with van der Waals surface area (Å²) in [5.74, 6) is -1.41. The number of nitro benzene ring substituents is 1. The minimum atomic E-state index is -3.91. The number of ether oxygens (including phenoxy) is 1. The molecule has 0 aliphatic carbocycles. The first-order valence-electron chi connectivity index (χ1n) is 9.31. The highest BCUT2D eigenvalue weighted by Crippen LogP contribution is 2.36. The van der Waals surface area contributed by atoms with Crippen LogP contribution in [0.5, 0.6) is 11.5 Å². The quantitative estimate of drug-likeness (QED) is 0.349. The fraction of sp³-hybridized carbons (Fsp3) is 0.263. The number of hydrogen-bond donors (Lipinski definition) is 2. The van der Waals surface area contributed by atoms with Crippen LogP contribution in [0, 0.1) is 10.1 Å². The van der Waals surface area contributed by atoms with Gasteiger partial charge >= 0.3 is 5.69 Å². The van der Waals surface area contributed by atoms with Crippen LogP contribution in [0.2, 0.25) is 5.02 Å². The van der Waals surface area contributed by atoms with Gasteiger partial charge in [0, 0.05) is 23.2 Å². The van der Waals surface area contributed by atoms with E-state index in [1.807, 2.05) is 0 Å². The van der Waals surface area contributed by atoms with Crippen molar-refractivity contribution < 1.29 is 28.0 Å². The van der Waals surface area contributed by atoms with Gasteiger partial charge in [-0.3, -0.25) is 14.9 Å². The summed E-state index contributed by atoms with van der Waals surface area (Å²) >= 11 is 5.82. The van der Waals surface area contributed by atoms with Gasteiger partial charge in [-0.1, -0.05) is 11.6 Å². The molecular formula is C19H19ClN4O7S. The number of carbonyl (C=O) groups is 1. The van der Waals surface area contributed by atoms with Crippen LogP contribution >= 0.6 is 11.6 Å². The van der Waals surface area contributed by atoms with Gasteiger partial charge < -0.3 is 9.84 Å². The number of aromatic hydroxyl groups is 1. The van der Waals surface area contributed by atoms with Gasteiger partial charge in [-0.05, 0) is 43.2 Å². The Morgan fingerprint density at radius 2 is 2.06 bits per heavy atom. The number of hydrogen-bond acceptors (Lipinski definition) is 8. The lowest BCUT2D eigenvalue weighted by Gasteiger charge is -2.22. The molecule has 1 aliphatic heterocycles. The zero-order valence-corrected chi connectivity index (χ0v) is 18.3. The van der Waals surface area contributed by atoms with Gasteiger partial charge in [0.05, 0.1) is 23.1 Å². The smallest absolute Gasteiger partial charge is 0.315 e. The number of methoxy groups -OCH3 is 1. The van der Waals surface area contributed by atoms with E-state index in [-0.39, 0.29) is 22.8 Å². The molecule has 1 heterocycles. The third-order valence-corrected chi connectivity index (χ3v) is 6.98. The monoisotopic (exact) mass is 482 g/mol. The maximum absolute atomic E-state index is 12.9. The van der Waals surface area contributed by atoms with Gasteiger partial charge in [0.1, 0.15) is 6.04 Å². The fourth-order valence-electron chi connectivity index (χ4n) is 3.26. The van der Waals surface area contributed by atoms with Gasteiger partial charge in [-0.15, -0.1) is 0 Å². The van der Waals surface area contributed by atoms with Crippen LogP contribution in [-0.2, 0) is 14.8 Å². The number of amides is 1. The molecular weight excluding hydrogens is 464 g/mol. The van der Waals surface area contributed by atoms with Gasteiger partial charge in [-0.25, -0.2) is 13.8 Å². The van der Waals surface area contributed by atoms with E-state index in [0.717, 1.165) is 16.6 Å². The maximum atomic E-state index is 12.9. The summed E-state index contributed by atoms with van der Waals surface area (Å²) < 4.78 is 31.9. The van der Waals surface area contributed by atoms with E-state index in [9.17, 15) is 28.4 Å². The van der Waals surface area contributed by atoms with Crippen molar-refractivity contribution in [1.82, 2.24) is 9.73 Å². The Hall–Kier alpha value is -3.22. The Kier molecular flexibility index (Phi) is 6.96. The number of halogens is 1. The lowest BCUT2D eigenvalue weighted by molar-refractivity contribution is -0.386. The molecule has 0 spiro atoms. The van der Waals surface area contributed by atoms with Crippen molar-refractivity contribution in [3.63, 3.8) is 0 Å². The third-order valence-electron chi connectivity index (χ3n) is 4.81. The minimum absolute atomic E-state index is 0.0219. The van der Waals surface area contributed by atoms with E-state index in [1.54, 1.807) is 0 Å². The normalized spacial score (nSPS) is 16.9. The molecule has 1 amide bonds. The van der Waals surface area contributed by atoms with Crippen molar-refractivity contribution in [2.45, 2.75) is 23.8 Å². The average molecular weight is 483 g/mol. The van der Waals surface area contributed by atoms with Gasteiger partial charge in [0.15, 0.2) is 5.75 Å². The number of nitrogens with one attached hydrogen (secondary N) is 1. The number of rotatable bonds is 7. The van der Waals surface area contributed by atoms with E-state index in [0.29, 0.717) is 17.9 Å². The van der Waals surface area contributed by atoms with Crippen LogP contribution in [0.25, 0.3) is 0 Å². The van der Waals surface area contributed by atoms with Crippen LogP contribution in [0.1, 0.15) is 18.4 Å². The van der Waals surface area contributed by atoms with Crippen LogP contribution in [0.4, 0.5) is 5.69 Å². The van der Waals surface area contributed by atoms with Crippen molar-refractivity contribution in [3.8, 4) is 11.5 Å². The van der Waals surface area contributed by atoms with E-state index < -0.39 is 38.3 Å². The fourth-order valence-corrected chi connectivity index (χ4v) is 5.04. The van der Waals surface area contributed by atoms with Crippen molar-refractivity contribution in [1.29, 1.82) is 0 Å². The molecule has 0 saturated carbocycles.